The van der Waals surface area contributed by atoms with Gasteiger partial charge in [0.1, 0.15) is 5.76 Å². The summed E-state index contributed by atoms with van der Waals surface area (Å²) in [5, 5.41) is 17.0. The van der Waals surface area contributed by atoms with Gasteiger partial charge in [-0.05, 0) is 25.9 Å². The van der Waals surface area contributed by atoms with Crippen LogP contribution in [0.5, 0.6) is 0 Å². The molecule has 1 aliphatic rings. The predicted octanol–water partition coefficient (Wildman–Crippen LogP) is 2.77. The molecule has 0 unspecified atom stereocenters. The number of thiazole rings is 1. The van der Waals surface area contributed by atoms with Gasteiger partial charge in [0.25, 0.3) is 0 Å². The fourth-order valence-electron chi connectivity index (χ4n) is 3.65. The number of rotatable bonds is 13. The molecule has 2 aromatic rings. The van der Waals surface area contributed by atoms with E-state index in [1.165, 1.54) is 11.3 Å². The molecule has 1 aliphatic heterocycles. The van der Waals surface area contributed by atoms with Crippen LogP contribution in [0.3, 0.4) is 0 Å². The molecule has 2 aromatic heterocycles. The summed E-state index contributed by atoms with van der Waals surface area (Å²) < 4.78 is 12.0. The SMILES string of the molecule is CC(C)(C)c1cnc(CSc2cnc(NC(=O)C3CCN(CC(=O)NCCOCCNC(=O)O)CC3)s2)o1. The number of hydrogen-bond donors (Lipinski definition) is 4. The number of thioether (sulfide) groups is 1. The van der Waals surface area contributed by atoms with Gasteiger partial charge >= 0.3 is 6.09 Å². The van der Waals surface area contributed by atoms with Crippen LogP contribution >= 0.6 is 23.1 Å². The number of carbonyl (C=O) groups is 3. The molecule has 1 saturated heterocycles. The Morgan fingerprint density at radius 2 is 1.87 bits per heavy atom. The first-order valence-corrected chi connectivity index (χ1v) is 14.3. The zero-order valence-corrected chi connectivity index (χ0v) is 23.6. The van der Waals surface area contributed by atoms with Gasteiger partial charge in [0, 0.05) is 24.4 Å². The van der Waals surface area contributed by atoms with Crippen molar-refractivity contribution in [2.45, 2.75) is 49.0 Å². The van der Waals surface area contributed by atoms with E-state index in [-0.39, 0.29) is 42.8 Å². The number of aromatic nitrogens is 2. The second kappa shape index (κ2) is 14.5. The van der Waals surface area contributed by atoms with Crippen LogP contribution < -0.4 is 16.0 Å². The molecule has 0 bridgehead atoms. The third-order valence-electron chi connectivity index (χ3n) is 5.76. The fourth-order valence-corrected chi connectivity index (χ4v) is 5.38. The minimum atomic E-state index is -1.09. The monoisotopic (exact) mass is 568 g/mol. The third kappa shape index (κ3) is 10.2. The molecule has 0 spiro atoms. The Labute approximate surface area is 230 Å². The van der Waals surface area contributed by atoms with Crippen molar-refractivity contribution in [1.82, 2.24) is 25.5 Å². The molecule has 14 heteroatoms. The Bertz CT molecular complexity index is 1060. The predicted molar refractivity (Wildman–Crippen MR) is 145 cm³/mol. The molecule has 3 rings (SSSR count). The third-order valence-corrected chi connectivity index (χ3v) is 7.85. The molecular weight excluding hydrogens is 532 g/mol. The van der Waals surface area contributed by atoms with E-state index in [1.54, 1.807) is 24.2 Å². The molecule has 1 fully saturated rings. The lowest BCUT2D eigenvalue weighted by atomic mass is 9.94. The molecular formula is C24H36N6O6S2. The standard InChI is InChI=1S/C24H36N6O6S2/c1-24(2,3)17-12-27-19(36-17)15-37-20-13-28-22(38-20)29-21(32)16-4-8-30(9-5-16)14-18(31)25-6-10-35-11-7-26-23(33)34/h12-13,16,26H,4-11,14-15H2,1-3H3,(H,25,31)(H,33,34)(H,28,29,32). The van der Waals surface area contributed by atoms with Gasteiger partial charge < -0.3 is 30.2 Å². The summed E-state index contributed by atoms with van der Waals surface area (Å²) in [7, 11) is 0. The average molecular weight is 569 g/mol. The van der Waals surface area contributed by atoms with Crippen LogP contribution in [0.1, 0.15) is 45.3 Å². The van der Waals surface area contributed by atoms with Gasteiger partial charge in [0.05, 0.1) is 42.1 Å². The Balaban J connectivity index is 1.30. The summed E-state index contributed by atoms with van der Waals surface area (Å²) >= 11 is 3.00. The first-order chi connectivity index (χ1) is 18.1. The van der Waals surface area contributed by atoms with Crippen LogP contribution in [0.25, 0.3) is 0 Å². The van der Waals surface area contributed by atoms with Crippen LogP contribution in [0.4, 0.5) is 9.93 Å². The van der Waals surface area contributed by atoms with Crippen molar-refractivity contribution in [3.05, 3.63) is 24.0 Å². The number of ether oxygens (including phenoxy) is 1. The Morgan fingerprint density at radius 1 is 1.16 bits per heavy atom. The number of hydrogen-bond acceptors (Lipinski definition) is 10. The number of oxazole rings is 1. The lowest BCUT2D eigenvalue weighted by Crippen LogP contribution is -2.44. The van der Waals surface area contributed by atoms with Crippen molar-refractivity contribution in [2.75, 3.05) is 51.3 Å². The van der Waals surface area contributed by atoms with E-state index in [4.69, 9.17) is 14.3 Å². The minimum absolute atomic E-state index is 0.0444. The summed E-state index contributed by atoms with van der Waals surface area (Å²) in [5.41, 5.74) is -0.0828. The molecule has 3 amide bonds. The first-order valence-electron chi connectivity index (χ1n) is 12.5. The van der Waals surface area contributed by atoms with Gasteiger partial charge in [0.15, 0.2) is 5.13 Å². The van der Waals surface area contributed by atoms with Crippen molar-refractivity contribution < 1.29 is 28.6 Å². The molecule has 0 atom stereocenters. The van der Waals surface area contributed by atoms with E-state index in [2.05, 4.69) is 46.7 Å². The summed E-state index contributed by atoms with van der Waals surface area (Å²) in [5.74, 6) is 1.84. The number of carboxylic acid groups (broad SMARTS) is 1. The van der Waals surface area contributed by atoms with E-state index >= 15 is 0 Å². The van der Waals surface area contributed by atoms with Crippen molar-refractivity contribution in [2.24, 2.45) is 5.92 Å². The highest BCUT2D eigenvalue weighted by atomic mass is 32.2. The smallest absolute Gasteiger partial charge is 0.404 e. The van der Waals surface area contributed by atoms with Crippen molar-refractivity contribution in [3.63, 3.8) is 0 Å². The number of amides is 3. The van der Waals surface area contributed by atoms with Crippen molar-refractivity contribution in [1.29, 1.82) is 0 Å². The van der Waals surface area contributed by atoms with Gasteiger partial charge in [0.2, 0.25) is 17.7 Å². The van der Waals surface area contributed by atoms with Crippen LogP contribution in [-0.2, 0) is 25.5 Å². The van der Waals surface area contributed by atoms with E-state index in [0.717, 1.165) is 9.97 Å². The van der Waals surface area contributed by atoms with E-state index < -0.39 is 6.09 Å². The maximum Gasteiger partial charge on any atom is 0.404 e. The average Bonchev–Trinajstić information content (AvgIpc) is 3.52. The zero-order chi connectivity index (χ0) is 27.5. The first kappa shape index (κ1) is 29.9. The Kier molecular flexibility index (Phi) is 11.4. The number of likely N-dealkylation sites (tertiary alicyclic amines) is 1. The molecule has 0 saturated carbocycles. The van der Waals surface area contributed by atoms with Crippen molar-refractivity contribution in [3.8, 4) is 0 Å². The lowest BCUT2D eigenvalue weighted by molar-refractivity contribution is -0.123. The molecule has 0 aliphatic carbocycles. The molecule has 3 heterocycles. The van der Waals surface area contributed by atoms with Crippen LogP contribution in [0.15, 0.2) is 21.0 Å². The van der Waals surface area contributed by atoms with Crippen LogP contribution in [0.2, 0.25) is 0 Å². The largest absolute Gasteiger partial charge is 0.465 e. The van der Waals surface area contributed by atoms with Gasteiger partial charge in [-0.25, -0.2) is 14.8 Å². The highest BCUT2D eigenvalue weighted by Gasteiger charge is 2.26. The topological polar surface area (TPSA) is 159 Å². The van der Waals surface area contributed by atoms with Gasteiger partial charge in [-0.15, -0.1) is 11.8 Å². The second-order valence-electron chi connectivity index (χ2n) is 9.88. The maximum atomic E-state index is 12.7. The quantitative estimate of drug-likeness (QED) is 0.209. The van der Waals surface area contributed by atoms with Gasteiger partial charge in [-0.1, -0.05) is 32.1 Å². The summed E-state index contributed by atoms with van der Waals surface area (Å²) in [6.45, 7) is 8.95. The summed E-state index contributed by atoms with van der Waals surface area (Å²) in [4.78, 5) is 45.9. The Morgan fingerprint density at radius 3 is 2.53 bits per heavy atom. The van der Waals surface area contributed by atoms with E-state index in [9.17, 15) is 14.4 Å². The van der Waals surface area contributed by atoms with Crippen LogP contribution in [0, 0.1) is 5.92 Å². The number of carbonyl (C=O) groups excluding carboxylic acids is 2. The highest BCUT2D eigenvalue weighted by molar-refractivity contribution is 8.00. The number of nitrogens with zero attached hydrogens (tertiary/aromatic N) is 3. The maximum absolute atomic E-state index is 12.7. The molecule has 4 N–H and O–H groups in total. The van der Waals surface area contributed by atoms with Crippen LogP contribution in [-0.4, -0.2) is 83.8 Å². The number of piperidine rings is 1. The molecule has 12 nitrogen and oxygen atoms in total. The zero-order valence-electron chi connectivity index (χ0n) is 21.9. The van der Waals surface area contributed by atoms with Gasteiger partial charge in [-0.3, -0.25) is 14.5 Å². The van der Waals surface area contributed by atoms with E-state index in [0.29, 0.717) is 55.9 Å². The lowest BCUT2D eigenvalue weighted by Gasteiger charge is -2.30. The molecule has 210 valence electrons. The van der Waals surface area contributed by atoms with Gasteiger partial charge in [-0.2, -0.15) is 0 Å². The number of nitrogens with one attached hydrogen (secondary N) is 3. The normalized spacial score (nSPS) is 14.8. The highest BCUT2D eigenvalue weighted by Crippen LogP contribution is 2.32. The minimum Gasteiger partial charge on any atom is -0.465 e. The fraction of sp³-hybridized carbons (Fsp3) is 0.625. The summed E-state index contributed by atoms with van der Waals surface area (Å²) in [6.07, 6.45) is 3.77. The second-order valence-corrected chi connectivity index (χ2v) is 12.2. The molecule has 0 radical (unpaired) electrons. The molecule has 0 aromatic carbocycles. The summed E-state index contributed by atoms with van der Waals surface area (Å²) in [6, 6.07) is 0. The van der Waals surface area contributed by atoms with Crippen molar-refractivity contribution >= 4 is 46.1 Å². The molecule has 38 heavy (non-hydrogen) atoms. The Hall–Kier alpha value is -2.68. The van der Waals surface area contributed by atoms with E-state index in [1.807, 2.05) is 4.90 Å². The number of anilines is 1.